The molecule has 2 nitrogen and oxygen atoms in total. The summed E-state index contributed by atoms with van der Waals surface area (Å²) in [6.07, 6.45) is 0.275. The first kappa shape index (κ1) is 16.3. The van der Waals surface area contributed by atoms with Crippen LogP contribution >= 0.6 is 39.1 Å². The zero-order valence-corrected chi connectivity index (χ0v) is 14.4. The summed E-state index contributed by atoms with van der Waals surface area (Å²) in [6, 6.07) is 10.5. The Hall–Kier alpha value is -1.03. The van der Waals surface area contributed by atoms with E-state index in [0.717, 1.165) is 15.8 Å². The predicted octanol–water partition coefficient (Wildman–Crippen LogP) is 5.58. The van der Waals surface area contributed by atoms with Crippen LogP contribution in [-0.4, -0.2) is 12.4 Å². The molecule has 0 radical (unpaired) electrons. The molecule has 0 aliphatic rings. The van der Waals surface area contributed by atoms with Crippen molar-refractivity contribution in [2.24, 2.45) is 0 Å². The third kappa shape index (κ3) is 4.22. The molecule has 0 N–H and O–H groups in total. The minimum Gasteiger partial charge on any atom is -0.493 e. The Morgan fingerprint density at radius 1 is 1.14 bits per heavy atom. The highest BCUT2D eigenvalue weighted by molar-refractivity contribution is 9.10. The van der Waals surface area contributed by atoms with Gasteiger partial charge in [-0.25, -0.2) is 0 Å². The zero-order chi connectivity index (χ0) is 15.4. The van der Waals surface area contributed by atoms with Gasteiger partial charge in [-0.15, -0.1) is 0 Å². The van der Waals surface area contributed by atoms with Crippen LogP contribution < -0.4 is 4.74 Å². The van der Waals surface area contributed by atoms with Crippen LogP contribution in [0, 0.1) is 0 Å². The summed E-state index contributed by atoms with van der Waals surface area (Å²) < 4.78 is 6.20. The van der Waals surface area contributed by atoms with Gasteiger partial charge in [0.2, 0.25) is 0 Å². The molecule has 0 saturated carbocycles. The number of carbonyl (C=O) groups excluding carboxylic acids is 1. The molecule has 2 rings (SSSR count). The minimum absolute atomic E-state index is 0.0112. The van der Waals surface area contributed by atoms with E-state index in [1.165, 1.54) is 0 Å². The maximum Gasteiger partial charge on any atom is 0.167 e. The first-order valence-electron chi connectivity index (χ1n) is 6.40. The van der Waals surface area contributed by atoms with Gasteiger partial charge in [0.05, 0.1) is 21.1 Å². The molecule has 5 heteroatoms. The lowest BCUT2D eigenvalue weighted by Crippen LogP contribution is -2.04. The Morgan fingerprint density at radius 2 is 1.90 bits per heavy atom. The lowest BCUT2D eigenvalue weighted by atomic mass is 10.0. The fourth-order valence-corrected chi connectivity index (χ4v) is 2.70. The minimum atomic E-state index is 0.0112. The van der Waals surface area contributed by atoms with E-state index in [2.05, 4.69) is 15.9 Å². The molecule has 0 aliphatic carbocycles. The molecule has 0 amide bonds. The van der Waals surface area contributed by atoms with Crippen molar-refractivity contribution in [1.82, 2.24) is 0 Å². The van der Waals surface area contributed by atoms with Crippen molar-refractivity contribution in [1.29, 1.82) is 0 Å². The van der Waals surface area contributed by atoms with Crippen LogP contribution in [0.5, 0.6) is 5.75 Å². The summed E-state index contributed by atoms with van der Waals surface area (Å²) >= 11 is 15.2. The van der Waals surface area contributed by atoms with Gasteiger partial charge in [-0.05, 0) is 58.7 Å². The smallest absolute Gasteiger partial charge is 0.167 e. The summed E-state index contributed by atoms with van der Waals surface area (Å²) in [4.78, 5) is 12.3. The summed E-state index contributed by atoms with van der Waals surface area (Å²) in [6.45, 7) is 2.49. The number of halogens is 3. The number of carbonyl (C=O) groups is 1. The van der Waals surface area contributed by atoms with E-state index in [4.69, 9.17) is 27.9 Å². The van der Waals surface area contributed by atoms with Crippen molar-refractivity contribution in [2.45, 2.75) is 13.3 Å². The highest BCUT2D eigenvalue weighted by atomic mass is 79.9. The maximum atomic E-state index is 12.3. The summed E-state index contributed by atoms with van der Waals surface area (Å²) in [7, 11) is 0. The monoisotopic (exact) mass is 386 g/mol. The lowest BCUT2D eigenvalue weighted by Gasteiger charge is -2.08. The van der Waals surface area contributed by atoms with Crippen LogP contribution in [0.25, 0.3) is 0 Å². The number of benzene rings is 2. The Balaban J connectivity index is 2.16. The Kier molecular flexibility index (Phi) is 5.68. The number of rotatable bonds is 5. The van der Waals surface area contributed by atoms with Crippen LogP contribution in [-0.2, 0) is 6.42 Å². The van der Waals surface area contributed by atoms with Crippen molar-refractivity contribution < 1.29 is 9.53 Å². The number of Topliss-reactive ketones (excluding diaryl/α,β-unsaturated/α-hetero) is 1. The Bertz CT molecular complexity index is 671. The molecule has 0 aliphatic heterocycles. The van der Waals surface area contributed by atoms with E-state index in [9.17, 15) is 4.79 Å². The predicted molar refractivity (Wildman–Crippen MR) is 89.8 cm³/mol. The van der Waals surface area contributed by atoms with E-state index in [1.54, 1.807) is 36.4 Å². The van der Waals surface area contributed by atoms with Crippen molar-refractivity contribution in [2.75, 3.05) is 6.61 Å². The molecular formula is C16H13BrCl2O2. The van der Waals surface area contributed by atoms with Gasteiger partial charge in [-0.2, -0.15) is 0 Å². The van der Waals surface area contributed by atoms with Crippen LogP contribution in [0.3, 0.4) is 0 Å². The number of ketones is 1. The van der Waals surface area contributed by atoms with E-state index in [1.807, 2.05) is 6.92 Å². The van der Waals surface area contributed by atoms with Crippen molar-refractivity contribution in [3.05, 3.63) is 62.0 Å². The second kappa shape index (κ2) is 7.30. The number of hydrogen-bond donors (Lipinski definition) is 0. The summed E-state index contributed by atoms with van der Waals surface area (Å²) in [5, 5.41) is 0.937. The normalized spacial score (nSPS) is 10.5. The first-order valence-corrected chi connectivity index (χ1v) is 7.95. The molecule has 0 spiro atoms. The topological polar surface area (TPSA) is 26.3 Å². The Morgan fingerprint density at radius 3 is 2.52 bits per heavy atom. The van der Waals surface area contributed by atoms with Gasteiger partial charge in [-0.3, -0.25) is 4.79 Å². The van der Waals surface area contributed by atoms with Crippen LogP contribution in [0.1, 0.15) is 22.8 Å². The highest BCUT2D eigenvalue weighted by Gasteiger charge is 2.11. The maximum absolute atomic E-state index is 12.3. The standard InChI is InChI=1S/C16H13BrCl2O2/c1-2-21-16-6-4-11(9-12(16)17)15(20)8-10-3-5-13(18)14(19)7-10/h3-7,9H,2,8H2,1H3. The molecule has 0 saturated heterocycles. The van der Waals surface area contributed by atoms with Crippen LogP contribution in [0.2, 0.25) is 10.0 Å². The summed E-state index contributed by atoms with van der Waals surface area (Å²) in [5.74, 6) is 0.737. The molecule has 2 aromatic rings. The molecular weight excluding hydrogens is 375 g/mol. The van der Waals surface area contributed by atoms with Crippen LogP contribution in [0.4, 0.5) is 0 Å². The number of ether oxygens (including phenoxy) is 1. The molecule has 0 heterocycles. The number of hydrogen-bond acceptors (Lipinski definition) is 2. The lowest BCUT2D eigenvalue weighted by molar-refractivity contribution is 0.0993. The van der Waals surface area contributed by atoms with Gasteiger partial charge in [0.15, 0.2) is 5.78 Å². The average Bonchev–Trinajstić information content (AvgIpc) is 2.45. The van der Waals surface area contributed by atoms with Gasteiger partial charge in [0, 0.05) is 12.0 Å². The summed E-state index contributed by atoms with van der Waals surface area (Å²) in [5.41, 5.74) is 1.45. The third-order valence-corrected chi connectivity index (χ3v) is 4.26. The SMILES string of the molecule is CCOc1ccc(C(=O)Cc2ccc(Cl)c(Cl)c2)cc1Br. The van der Waals surface area contributed by atoms with E-state index < -0.39 is 0 Å². The first-order chi connectivity index (χ1) is 10.0. The van der Waals surface area contributed by atoms with Gasteiger partial charge in [0.25, 0.3) is 0 Å². The molecule has 0 fully saturated rings. The molecule has 21 heavy (non-hydrogen) atoms. The van der Waals surface area contributed by atoms with Gasteiger partial charge in [0.1, 0.15) is 5.75 Å². The van der Waals surface area contributed by atoms with E-state index in [0.29, 0.717) is 22.2 Å². The van der Waals surface area contributed by atoms with Crippen molar-refractivity contribution >= 4 is 44.9 Å². The Labute approximate surface area is 142 Å². The molecule has 0 atom stereocenters. The highest BCUT2D eigenvalue weighted by Crippen LogP contribution is 2.27. The second-order valence-electron chi connectivity index (χ2n) is 4.43. The molecule has 0 bridgehead atoms. The van der Waals surface area contributed by atoms with Crippen molar-refractivity contribution in [3.63, 3.8) is 0 Å². The van der Waals surface area contributed by atoms with Crippen molar-refractivity contribution in [3.8, 4) is 5.75 Å². The molecule has 2 aromatic carbocycles. The third-order valence-electron chi connectivity index (χ3n) is 2.90. The largest absolute Gasteiger partial charge is 0.493 e. The fraction of sp³-hybridized carbons (Fsp3) is 0.188. The van der Waals surface area contributed by atoms with Gasteiger partial charge in [-0.1, -0.05) is 29.3 Å². The van der Waals surface area contributed by atoms with E-state index >= 15 is 0 Å². The molecule has 0 aromatic heterocycles. The second-order valence-corrected chi connectivity index (χ2v) is 6.10. The van der Waals surface area contributed by atoms with Gasteiger partial charge >= 0.3 is 0 Å². The fourth-order valence-electron chi connectivity index (χ4n) is 1.88. The van der Waals surface area contributed by atoms with Crippen LogP contribution in [0.15, 0.2) is 40.9 Å². The average molecular weight is 388 g/mol. The molecule has 0 unspecified atom stereocenters. The zero-order valence-electron chi connectivity index (χ0n) is 11.3. The quantitative estimate of drug-likeness (QED) is 0.626. The van der Waals surface area contributed by atoms with Gasteiger partial charge < -0.3 is 4.74 Å². The molecule has 110 valence electrons. The van der Waals surface area contributed by atoms with E-state index in [-0.39, 0.29) is 12.2 Å².